The first kappa shape index (κ1) is 21.5. The molecular formula is C24H25BrN2OS. The monoisotopic (exact) mass is 468 g/mol. The van der Waals surface area contributed by atoms with E-state index in [1.807, 2.05) is 12.1 Å². The molecule has 0 fully saturated rings. The second-order valence-electron chi connectivity index (χ2n) is 6.88. The molecule has 2 aromatic carbocycles. The van der Waals surface area contributed by atoms with E-state index in [4.69, 9.17) is 4.74 Å². The first-order chi connectivity index (χ1) is 13.6. The lowest BCUT2D eigenvalue weighted by atomic mass is 10.1. The van der Waals surface area contributed by atoms with Crippen LogP contribution in [0, 0.1) is 6.92 Å². The van der Waals surface area contributed by atoms with Gasteiger partial charge in [-0.1, -0.05) is 29.5 Å². The van der Waals surface area contributed by atoms with Gasteiger partial charge in [-0.05, 0) is 44.2 Å². The zero-order chi connectivity index (χ0) is 19.7. The van der Waals surface area contributed by atoms with Crippen molar-refractivity contribution in [3.05, 3.63) is 77.5 Å². The third-order valence-electron chi connectivity index (χ3n) is 5.06. The molecule has 0 radical (unpaired) electrons. The minimum absolute atomic E-state index is 0. The zero-order valence-corrected chi connectivity index (χ0v) is 19.4. The van der Waals surface area contributed by atoms with Crippen LogP contribution >= 0.6 is 11.8 Å². The molecule has 2 heterocycles. The van der Waals surface area contributed by atoms with Crippen LogP contribution in [0.5, 0.6) is 5.75 Å². The van der Waals surface area contributed by atoms with E-state index in [-0.39, 0.29) is 17.0 Å². The lowest BCUT2D eigenvalue weighted by molar-refractivity contribution is -0.669. The van der Waals surface area contributed by atoms with Crippen molar-refractivity contribution in [2.75, 3.05) is 18.6 Å². The molecule has 1 aliphatic heterocycles. The molecule has 1 aromatic heterocycles. The van der Waals surface area contributed by atoms with Gasteiger partial charge in [-0.25, -0.2) is 0 Å². The van der Waals surface area contributed by atoms with Crippen molar-refractivity contribution in [3.8, 4) is 5.75 Å². The standard InChI is InChI=1S/C24H25N2OS.BrH/c1-5-13-26-22-12-10-20(27-4)16-23(22)28-24(26)15-19-9-8-18-14-17(3)7-11-21(18)25(19)6-2;/h5,7-12,14-16H,1,6,13H2,2-4H3;1H/q+1;/p-1. The lowest BCUT2D eigenvalue weighted by Crippen LogP contribution is -3.00. The number of aryl methyl sites for hydroxylation is 2. The van der Waals surface area contributed by atoms with Crippen molar-refractivity contribution < 1.29 is 26.3 Å². The number of halogens is 1. The molecule has 3 nitrogen and oxygen atoms in total. The van der Waals surface area contributed by atoms with Crippen molar-refractivity contribution in [1.82, 2.24) is 0 Å². The maximum Gasteiger partial charge on any atom is 0.212 e. The number of anilines is 1. The molecule has 0 atom stereocenters. The Morgan fingerprint density at radius 1 is 1.14 bits per heavy atom. The Hall–Kier alpha value is -2.24. The van der Waals surface area contributed by atoms with Crippen LogP contribution in [-0.4, -0.2) is 13.7 Å². The summed E-state index contributed by atoms with van der Waals surface area (Å²) in [6, 6.07) is 17.3. The van der Waals surface area contributed by atoms with Crippen LogP contribution in [0.2, 0.25) is 0 Å². The van der Waals surface area contributed by atoms with Gasteiger partial charge in [0.15, 0.2) is 0 Å². The fourth-order valence-corrected chi connectivity index (χ4v) is 4.85. The maximum absolute atomic E-state index is 5.41. The molecule has 0 spiro atoms. The van der Waals surface area contributed by atoms with Gasteiger partial charge in [-0.15, -0.1) is 6.58 Å². The van der Waals surface area contributed by atoms with Crippen LogP contribution in [0.15, 0.2) is 71.1 Å². The summed E-state index contributed by atoms with van der Waals surface area (Å²) < 4.78 is 7.78. The van der Waals surface area contributed by atoms with Crippen molar-refractivity contribution in [3.63, 3.8) is 0 Å². The van der Waals surface area contributed by atoms with E-state index in [0.717, 1.165) is 18.8 Å². The number of pyridine rings is 1. The van der Waals surface area contributed by atoms with Crippen LogP contribution < -0.4 is 31.2 Å². The summed E-state index contributed by atoms with van der Waals surface area (Å²) in [5.74, 6) is 0.885. The number of aromatic nitrogens is 1. The van der Waals surface area contributed by atoms with Gasteiger partial charge in [0.05, 0.1) is 17.8 Å². The number of fused-ring (bicyclic) bond motifs is 2. The van der Waals surface area contributed by atoms with E-state index in [2.05, 4.69) is 78.4 Å². The predicted molar refractivity (Wildman–Crippen MR) is 119 cm³/mol. The summed E-state index contributed by atoms with van der Waals surface area (Å²) in [5.41, 5.74) is 4.96. The highest BCUT2D eigenvalue weighted by Crippen LogP contribution is 2.47. The Balaban J connectivity index is 0.00000240. The third kappa shape index (κ3) is 4.07. The topological polar surface area (TPSA) is 16.4 Å². The average molecular weight is 469 g/mol. The fourth-order valence-electron chi connectivity index (χ4n) is 3.70. The fraction of sp³-hybridized carbons (Fsp3) is 0.208. The van der Waals surface area contributed by atoms with Gasteiger partial charge < -0.3 is 26.6 Å². The van der Waals surface area contributed by atoms with Gasteiger partial charge in [0.25, 0.3) is 0 Å². The van der Waals surface area contributed by atoms with Crippen LogP contribution in [-0.2, 0) is 6.54 Å². The molecule has 0 aliphatic carbocycles. The third-order valence-corrected chi connectivity index (χ3v) is 6.15. The molecule has 3 aromatic rings. The maximum atomic E-state index is 5.41. The molecule has 29 heavy (non-hydrogen) atoms. The summed E-state index contributed by atoms with van der Waals surface area (Å²) in [6.45, 7) is 9.98. The number of ether oxygens (including phenoxy) is 1. The van der Waals surface area contributed by atoms with Gasteiger partial charge in [-0.2, -0.15) is 4.57 Å². The minimum Gasteiger partial charge on any atom is -1.00 e. The highest BCUT2D eigenvalue weighted by Gasteiger charge is 2.26. The molecule has 0 bridgehead atoms. The molecule has 4 rings (SSSR count). The summed E-state index contributed by atoms with van der Waals surface area (Å²) in [6.07, 6.45) is 4.23. The average Bonchev–Trinajstić information content (AvgIpc) is 3.04. The van der Waals surface area contributed by atoms with Gasteiger partial charge in [0.1, 0.15) is 12.3 Å². The number of hydrogen-bond acceptors (Lipinski definition) is 3. The molecule has 0 amide bonds. The van der Waals surface area contributed by atoms with Crippen molar-refractivity contribution in [2.45, 2.75) is 25.3 Å². The number of hydrogen-bond donors (Lipinski definition) is 0. The Morgan fingerprint density at radius 3 is 2.69 bits per heavy atom. The van der Waals surface area contributed by atoms with Gasteiger partial charge >= 0.3 is 0 Å². The van der Waals surface area contributed by atoms with Crippen LogP contribution in [0.1, 0.15) is 18.2 Å². The molecule has 0 N–H and O–H groups in total. The predicted octanol–water partition coefficient (Wildman–Crippen LogP) is 2.56. The molecule has 150 valence electrons. The smallest absolute Gasteiger partial charge is 0.212 e. The molecule has 0 unspecified atom stereocenters. The summed E-state index contributed by atoms with van der Waals surface area (Å²) in [5, 5.41) is 2.48. The van der Waals surface area contributed by atoms with E-state index in [9.17, 15) is 0 Å². The Bertz CT molecular complexity index is 1090. The summed E-state index contributed by atoms with van der Waals surface area (Å²) in [7, 11) is 1.71. The van der Waals surface area contributed by atoms with E-state index >= 15 is 0 Å². The number of methoxy groups -OCH3 is 1. The molecule has 5 heteroatoms. The first-order valence-corrected chi connectivity index (χ1v) is 10.4. The van der Waals surface area contributed by atoms with Crippen molar-refractivity contribution >= 4 is 34.4 Å². The normalized spacial score (nSPS) is 14.0. The zero-order valence-electron chi connectivity index (χ0n) is 17.0. The van der Waals surface area contributed by atoms with E-state index in [1.54, 1.807) is 18.9 Å². The van der Waals surface area contributed by atoms with Crippen molar-refractivity contribution in [1.29, 1.82) is 0 Å². The quantitative estimate of drug-likeness (QED) is 0.422. The second-order valence-corrected chi connectivity index (χ2v) is 7.94. The Morgan fingerprint density at radius 2 is 1.97 bits per heavy atom. The minimum atomic E-state index is 0. The Kier molecular flexibility index (Phi) is 6.70. The van der Waals surface area contributed by atoms with Gasteiger partial charge in [0.2, 0.25) is 11.2 Å². The number of nitrogens with zero attached hydrogens (tertiary/aromatic N) is 2. The highest BCUT2D eigenvalue weighted by atomic mass is 79.9. The van der Waals surface area contributed by atoms with E-state index in [1.165, 1.54) is 37.8 Å². The van der Waals surface area contributed by atoms with Gasteiger partial charge in [0, 0.05) is 35.0 Å². The van der Waals surface area contributed by atoms with Crippen LogP contribution in [0.4, 0.5) is 5.69 Å². The highest BCUT2D eigenvalue weighted by molar-refractivity contribution is 8.03. The largest absolute Gasteiger partial charge is 1.00 e. The van der Waals surface area contributed by atoms with Crippen molar-refractivity contribution in [2.24, 2.45) is 0 Å². The second kappa shape index (κ2) is 9.06. The Labute approximate surface area is 187 Å². The SMILES string of the molecule is C=CCN1/C(=C/c2ccc3cc(C)ccc3[n+]2CC)Sc2cc(OC)ccc21.[Br-]. The lowest BCUT2D eigenvalue weighted by Gasteiger charge is -2.18. The van der Waals surface area contributed by atoms with Crippen LogP contribution in [0.3, 0.4) is 0 Å². The molecule has 0 saturated carbocycles. The molecular weight excluding hydrogens is 444 g/mol. The summed E-state index contributed by atoms with van der Waals surface area (Å²) >= 11 is 1.78. The van der Waals surface area contributed by atoms with Crippen LogP contribution in [0.25, 0.3) is 17.0 Å². The van der Waals surface area contributed by atoms with E-state index in [0.29, 0.717) is 0 Å². The number of rotatable bonds is 5. The number of benzene rings is 2. The number of thioether (sulfide) groups is 1. The molecule has 1 aliphatic rings. The summed E-state index contributed by atoms with van der Waals surface area (Å²) in [4.78, 5) is 3.53. The van der Waals surface area contributed by atoms with E-state index < -0.39 is 0 Å². The van der Waals surface area contributed by atoms with Gasteiger partial charge in [-0.3, -0.25) is 0 Å². The molecule has 0 saturated heterocycles. The first-order valence-electron chi connectivity index (χ1n) is 9.54.